The first-order valence-electron chi connectivity index (χ1n) is 9.50. The van der Waals surface area contributed by atoms with E-state index >= 15 is 0 Å². The van der Waals surface area contributed by atoms with Gasteiger partial charge in [0.15, 0.2) is 0 Å². The number of rotatable bonds is 6. The molecule has 0 spiro atoms. The lowest BCUT2D eigenvalue weighted by atomic mass is 9.97. The minimum Gasteiger partial charge on any atom is -0.466 e. The summed E-state index contributed by atoms with van der Waals surface area (Å²) in [6, 6.07) is 17.8. The predicted molar refractivity (Wildman–Crippen MR) is 106 cm³/mol. The first-order valence-corrected chi connectivity index (χ1v) is 9.50. The summed E-state index contributed by atoms with van der Waals surface area (Å²) >= 11 is 0. The van der Waals surface area contributed by atoms with Gasteiger partial charge in [-0.25, -0.2) is 0 Å². The zero-order valence-electron chi connectivity index (χ0n) is 15.7. The summed E-state index contributed by atoms with van der Waals surface area (Å²) in [6.45, 7) is 4.04. The summed E-state index contributed by atoms with van der Waals surface area (Å²) in [5.74, 6) is -0.186. The Hall–Kier alpha value is -2.66. The van der Waals surface area contributed by atoms with E-state index in [-0.39, 0.29) is 17.8 Å². The quantitative estimate of drug-likeness (QED) is 0.794. The maximum Gasteiger partial charge on any atom is 0.309 e. The molecule has 2 aromatic carbocycles. The third-order valence-corrected chi connectivity index (χ3v) is 4.86. The lowest BCUT2D eigenvalue weighted by Gasteiger charge is -2.30. The molecule has 27 heavy (non-hydrogen) atoms. The summed E-state index contributed by atoms with van der Waals surface area (Å²) in [5, 5.41) is 3.04. The molecule has 142 valence electrons. The maximum absolute atomic E-state index is 12.5. The second-order valence-electron chi connectivity index (χ2n) is 6.76. The predicted octanol–water partition coefficient (Wildman–Crippen LogP) is 3.57. The van der Waals surface area contributed by atoms with Crippen molar-refractivity contribution in [3.05, 3.63) is 54.6 Å². The first-order chi connectivity index (χ1) is 13.2. The van der Waals surface area contributed by atoms with Gasteiger partial charge in [0.25, 0.3) is 0 Å². The van der Waals surface area contributed by atoms with E-state index in [1.165, 1.54) is 0 Å². The van der Waals surface area contributed by atoms with Crippen molar-refractivity contribution < 1.29 is 14.3 Å². The zero-order chi connectivity index (χ0) is 19.1. The molecule has 1 fully saturated rings. The highest BCUT2D eigenvalue weighted by Gasteiger charge is 2.26. The molecule has 1 heterocycles. The molecule has 1 amide bonds. The number of ether oxygens (including phenoxy) is 1. The molecule has 5 nitrogen and oxygen atoms in total. The molecule has 0 saturated carbocycles. The van der Waals surface area contributed by atoms with Gasteiger partial charge in [-0.15, -0.1) is 0 Å². The molecule has 1 aliphatic heterocycles. The summed E-state index contributed by atoms with van der Waals surface area (Å²) < 4.78 is 5.10. The van der Waals surface area contributed by atoms with Gasteiger partial charge in [0, 0.05) is 11.3 Å². The van der Waals surface area contributed by atoms with Crippen molar-refractivity contribution in [2.45, 2.75) is 19.8 Å². The zero-order valence-corrected chi connectivity index (χ0v) is 15.7. The molecule has 5 heteroatoms. The molecule has 3 rings (SSSR count). The Morgan fingerprint density at radius 1 is 1.04 bits per heavy atom. The minimum atomic E-state index is -0.113. The molecule has 1 aliphatic rings. The summed E-state index contributed by atoms with van der Waals surface area (Å²) in [6.07, 6.45) is 1.49. The van der Waals surface area contributed by atoms with Gasteiger partial charge in [-0.3, -0.25) is 14.5 Å². The molecule has 0 radical (unpaired) electrons. The number of likely N-dealkylation sites (tertiary alicyclic amines) is 1. The van der Waals surface area contributed by atoms with Gasteiger partial charge in [0.1, 0.15) is 0 Å². The van der Waals surface area contributed by atoms with Crippen molar-refractivity contribution in [2.24, 2.45) is 5.92 Å². The fraction of sp³-hybridized carbons (Fsp3) is 0.364. The van der Waals surface area contributed by atoms with Crippen LogP contribution in [0.5, 0.6) is 0 Å². The minimum absolute atomic E-state index is 0.0343. The van der Waals surface area contributed by atoms with Crippen LogP contribution in [-0.2, 0) is 14.3 Å². The molecule has 2 aromatic rings. The number of para-hydroxylation sites is 1. The molecule has 1 saturated heterocycles. The molecular weight excluding hydrogens is 340 g/mol. The highest BCUT2D eigenvalue weighted by atomic mass is 16.5. The number of hydrogen-bond donors (Lipinski definition) is 1. The van der Waals surface area contributed by atoms with Crippen LogP contribution in [0.15, 0.2) is 54.6 Å². The first kappa shape index (κ1) is 19.1. The van der Waals surface area contributed by atoms with Crippen LogP contribution in [0.1, 0.15) is 19.8 Å². The summed E-state index contributed by atoms with van der Waals surface area (Å²) in [5.41, 5.74) is 2.89. The van der Waals surface area contributed by atoms with E-state index in [2.05, 4.69) is 10.2 Å². The third kappa shape index (κ3) is 5.17. The van der Waals surface area contributed by atoms with Crippen LogP contribution in [0.2, 0.25) is 0 Å². The normalized spacial score (nSPS) is 15.3. The van der Waals surface area contributed by atoms with E-state index < -0.39 is 0 Å². The number of amides is 1. The van der Waals surface area contributed by atoms with Crippen LogP contribution in [0.3, 0.4) is 0 Å². The van der Waals surface area contributed by atoms with E-state index in [9.17, 15) is 9.59 Å². The van der Waals surface area contributed by atoms with Crippen LogP contribution in [-0.4, -0.2) is 43.0 Å². The Morgan fingerprint density at radius 3 is 2.41 bits per heavy atom. The number of hydrogen-bond acceptors (Lipinski definition) is 4. The van der Waals surface area contributed by atoms with Crippen molar-refractivity contribution >= 4 is 17.6 Å². The topological polar surface area (TPSA) is 58.6 Å². The van der Waals surface area contributed by atoms with E-state index in [0.717, 1.165) is 42.7 Å². The lowest BCUT2D eigenvalue weighted by Crippen LogP contribution is -2.41. The van der Waals surface area contributed by atoms with Gasteiger partial charge >= 0.3 is 5.97 Å². The average Bonchev–Trinajstić information content (AvgIpc) is 2.70. The Labute approximate surface area is 160 Å². The average molecular weight is 366 g/mol. The molecule has 1 N–H and O–H groups in total. The Morgan fingerprint density at radius 2 is 1.70 bits per heavy atom. The standard InChI is InChI=1S/C22H26N2O3/c1-2-27-22(26)18-12-14-24(15-13-18)16-21(25)23-20-11-7-6-10-19(20)17-8-4-3-5-9-17/h3-11,18H,2,12-16H2,1H3,(H,23,25). The fourth-order valence-corrected chi connectivity index (χ4v) is 3.44. The van der Waals surface area contributed by atoms with Gasteiger partial charge < -0.3 is 10.1 Å². The lowest BCUT2D eigenvalue weighted by molar-refractivity contribution is -0.149. The second-order valence-corrected chi connectivity index (χ2v) is 6.76. The van der Waals surface area contributed by atoms with Crippen LogP contribution < -0.4 is 5.32 Å². The van der Waals surface area contributed by atoms with E-state index in [0.29, 0.717) is 13.2 Å². The number of benzene rings is 2. The Balaban J connectivity index is 1.56. The van der Waals surface area contributed by atoms with Gasteiger partial charge in [-0.05, 0) is 44.5 Å². The number of nitrogens with zero attached hydrogens (tertiary/aromatic N) is 1. The van der Waals surface area contributed by atoms with Crippen LogP contribution >= 0.6 is 0 Å². The monoisotopic (exact) mass is 366 g/mol. The summed E-state index contributed by atoms with van der Waals surface area (Å²) in [4.78, 5) is 26.5. The maximum atomic E-state index is 12.5. The SMILES string of the molecule is CCOC(=O)C1CCN(CC(=O)Nc2ccccc2-c2ccccc2)CC1. The van der Waals surface area contributed by atoms with Crippen molar-refractivity contribution in [1.29, 1.82) is 0 Å². The Bertz CT molecular complexity index is 768. The van der Waals surface area contributed by atoms with Crippen molar-refractivity contribution in [3.63, 3.8) is 0 Å². The van der Waals surface area contributed by atoms with E-state index in [1.807, 2.05) is 61.5 Å². The fourth-order valence-electron chi connectivity index (χ4n) is 3.44. The molecule has 0 unspecified atom stereocenters. The largest absolute Gasteiger partial charge is 0.466 e. The number of anilines is 1. The van der Waals surface area contributed by atoms with Gasteiger partial charge in [0.2, 0.25) is 5.91 Å². The molecule has 0 atom stereocenters. The van der Waals surface area contributed by atoms with Crippen molar-refractivity contribution in [1.82, 2.24) is 4.90 Å². The smallest absolute Gasteiger partial charge is 0.309 e. The van der Waals surface area contributed by atoms with Gasteiger partial charge in [-0.2, -0.15) is 0 Å². The number of carbonyl (C=O) groups excluding carboxylic acids is 2. The van der Waals surface area contributed by atoms with Crippen LogP contribution in [0.25, 0.3) is 11.1 Å². The molecule has 0 aromatic heterocycles. The number of esters is 1. The second kappa shape index (κ2) is 9.33. The highest BCUT2D eigenvalue weighted by molar-refractivity contribution is 5.96. The Kier molecular flexibility index (Phi) is 6.60. The van der Waals surface area contributed by atoms with Crippen molar-refractivity contribution in [2.75, 3.05) is 31.6 Å². The molecular formula is C22H26N2O3. The van der Waals surface area contributed by atoms with Gasteiger partial charge in [0.05, 0.1) is 19.1 Å². The highest BCUT2D eigenvalue weighted by Crippen LogP contribution is 2.27. The molecule has 0 aliphatic carbocycles. The number of piperidine rings is 1. The van der Waals surface area contributed by atoms with Crippen molar-refractivity contribution in [3.8, 4) is 11.1 Å². The van der Waals surface area contributed by atoms with Gasteiger partial charge in [-0.1, -0.05) is 48.5 Å². The van der Waals surface area contributed by atoms with Crippen LogP contribution in [0.4, 0.5) is 5.69 Å². The number of nitrogens with one attached hydrogen (secondary N) is 1. The van der Waals surface area contributed by atoms with E-state index in [1.54, 1.807) is 0 Å². The summed E-state index contributed by atoms with van der Waals surface area (Å²) in [7, 11) is 0. The number of carbonyl (C=O) groups is 2. The molecule has 0 bridgehead atoms. The van der Waals surface area contributed by atoms with Crippen LogP contribution in [0, 0.1) is 5.92 Å². The van der Waals surface area contributed by atoms with E-state index in [4.69, 9.17) is 4.74 Å². The third-order valence-electron chi connectivity index (χ3n) is 4.86.